The monoisotopic (exact) mass is 378 g/mol. The first kappa shape index (κ1) is 16.6. The summed E-state index contributed by atoms with van der Waals surface area (Å²) in [7, 11) is 0. The second-order valence-electron chi connectivity index (χ2n) is 6.73. The van der Waals surface area contributed by atoms with Gasteiger partial charge in [-0.05, 0) is 31.4 Å². The third-order valence-electron chi connectivity index (χ3n) is 4.74. The number of rotatable bonds is 3. The lowest BCUT2D eigenvalue weighted by atomic mass is 10.1. The minimum Gasteiger partial charge on any atom is -0.418 e. The molecule has 0 bridgehead atoms. The van der Waals surface area contributed by atoms with Crippen molar-refractivity contribution in [2.24, 2.45) is 0 Å². The lowest BCUT2D eigenvalue weighted by Gasteiger charge is -2.16. The van der Waals surface area contributed by atoms with Crippen molar-refractivity contribution in [1.82, 2.24) is 35.1 Å². The van der Waals surface area contributed by atoms with E-state index in [2.05, 4.69) is 35.9 Å². The van der Waals surface area contributed by atoms with Crippen molar-refractivity contribution in [2.45, 2.75) is 32.2 Å². The highest BCUT2D eigenvalue weighted by Gasteiger charge is 2.24. The van der Waals surface area contributed by atoms with Crippen LogP contribution in [0.2, 0.25) is 0 Å². The van der Waals surface area contributed by atoms with Crippen molar-refractivity contribution in [3.05, 3.63) is 30.2 Å². The normalized spacial score (nSPS) is 17.6. The van der Waals surface area contributed by atoms with Crippen molar-refractivity contribution >= 4 is 28.4 Å². The van der Waals surface area contributed by atoms with Gasteiger partial charge in [0.25, 0.3) is 5.89 Å². The summed E-state index contributed by atoms with van der Waals surface area (Å²) in [4.78, 5) is 21.6. The fourth-order valence-corrected chi connectivity index (χ4v) is 3.36. The number of fused-ring (bicyclic) bond motifs is 3. The molecule has 1 saturated heterocycles. The molecule has 10 nitrogen and oxygen atoms in total. The first-order chi connectivity index (χ1) is 13.7. The predicted molar refractivity (Wildman–Crippen MR) is 101 cm³/mol. The highest BCUT2D eigenvalue weighted by Crippen LogP contribution is 2.24. The summed E-state index contributed by atoms with van der Waals surface area (Å²) in [5.41, 5.74) is 1.36. The number of nitrogens with one attached hydrogen (secondary N) is 2. The van der Waals surface area contributed by atoms with Gasteiger partial charge in [0.2, 0.25) is 23.6 Å². The fourth-order valence-electron chi connectivity index (χ4n) is 3.36. The summed E-state index contributed by atoms with van der Waals surface area (Å²) >= 11 is 0. The molecule has 142 valence electrons. The van der Waals surface area contributed by atoms with E-state index in [4.69, 9.17) is 4.42 Å². The van der Waals surface area contributed by atoms with E-state index in [0.29, 0.717) is 29.9 Å². The van der Waals surface area contributed by atoms with Crippen LogP contribution in [0, 0.1) is 6.92 Å². The Hall–Kier alpha value is -3.56. The number of carbonyl (C=O) groups excluding carboxylic acids is 1. The SMILES string of the molecule is Cc1nnc(-c2nc3c4ccccc4nc(N[C@@H]4CCCCNC4=O)n3n2)o1. The standard InChI is InChI=1S/C18H18N8O2/c1-10-23-24-17(28-10)14-22-15-11-6-2-3-7-12(11)20-18(26(15)25-14)21-13-8-4-5-9-19-16(13)27/h2-3,6-7,13H,4-5,8-9H2,1H3,(H,19,27)(H,20,21)/t13-/m1/s1. The summed E-state index contributed by atoms with van der Waals surface area (Å²) in [6, 6.07) is 7.28. The number of benzene rings is 1. The quantitative estimate of drug-likeness (QED) is 0.552. The lowest BCUT2D eigenvalue weighted by Crippen LogP contribution is -2.38. The van der Waals surface area contributed by atoms with E-state index in [9.17, 15) is 4.79 Å². The zero-order valence-corrected chi connectivity index (χ0v) is 15.2. The number of para-hydroxylation sites is 1. The summed E-state index contributed by atoms with van der Waals surface area (Å²) in [6.07, 6.45) is 2.65. The van der Waals surface area contributed by atoms with Gasteiger partial charge in [0.15, 0.2) is 5.65 Å². The van der Waals surface area contributed by atoms with Crippen LogP contribution in [0.3, 0.4) is 0 Å². The Morgan fingerprint density at radius 3 is 2.96 bits per heavy atom. The smallest absolute Gasteiger partial charge is 0.287 e. The maximum Gasteiger partial charge on any atom is 0.287 e. The third-order valence-corrected chi connectivity index (χ3v) is 4.74. The van der Waals surface area contributed by atoms with E-state index < -0.39 is 0 Å². The van der Waals surface area contributed by atoms with Crippen LogP contribution in [0.5, 0.6) is 0 Å². The molecule has 2 N–H and O–H groups in total. The molecule has 1 aliphatic rings. The van der Waals surface area contributed by atoms with Gasteiger partial charge >= 0.3 is 0 Å². The molecule has 1 aromatic carbocycles. The molecule has 1 atom stereocenters. The predicted octanol–water partition coefficient (Wildman–Crippen LogP) is 1.72. The molecule has 0 aliphatic carbocycles. The van der Waals surface area contributed by atoms with Gasteiger partial charge in [-0.15, -0.1) is 15.3 Å². The molecule has 1 aliphatic heterocycles. The Labute approximate surface area is 159 Å². The first-order valence-corrected chi connectivity index (χ1v) is 9.19. The minimum absolute atomic E-state index is 0.0338. The summed E-state index contributed by atoms with van der Waals surface area (Å²) in [6.45, 7) is 2.41. The number of nitrogens with zero attached hydrogens (tertiary/aromatic N) is 6. The number of hydrogen-bond acceptors (Lipinski definition) is 8. The molecule has 0 unspecified atom stereocenters. The number of aryl methyl sites for hydroxylation is 1. The van der Waals surface area contributed by atoms with Crippen molar-refractivity contribution in [1.29, 1.82) is 0 Å². The molecular weight excluding hydrogens is 360 g/mol. The number of amides is 1. The Balaban J connectivity index is 1.66. The topological polar surface area (TPSA) is 123 Å². The largest absolute Gasteiger partial charge is 0.418 e. The molecule has 0 spiro atoms. The molecule has 5 rings (SSSR count). The van der Waals surface area contributed by atoms with E-state index in [1.54, 1.807) is 11.4 Å². The average molecular weight is 378 g/mol. The highest BCUT2D eigenvalue weighted by atomic mass is 16.4. The van der Waals surface area contributed by atoms with E-state index in [-0.39, 0.29) is 17.8 Å². The summed E-state index contributed by atoms with van der Waals surface area (Å²) in [5.74, 6) is 1.40. The van der Waals surface area contributed by atoms with Gasteiger partial charge in [-0.1, -0.05) is 12.1 Å². The van der Waals surface area contributed by atoms with Crippen LogP contribution < -0.4 is 10.6 Å². The van der Waals surface area contributed by atoms with E-state index >= 15 is 0 Å². The van der Waals surface area contributed by atoms with Crippen molar-refractivity contribution in [2.75, 3.05) is 11.9 Å². The van der Waals surface area contributed by atoms with Crippen LogP contribution in [0.15, 0.2) is 28.7 Å². The molecule has 28 heavy (non-hydrogen) atoms. The second kappa shape index (κ2) is 6.55. The van der Waals surface area contributed by atoms with Crippen LogP contribution in [0.25, 0.3) is 28.3 Å². The summed E-state index contributed by atoms with van der Waals surface area (Å²) in [5, 5.41) is 19.4. The fraction of sp³-hybridized carbons (Fsp3) is 0.333. The maximum absolute atomic E-state index is 12.4. The van der Waals surface area contributed by atoms with Crippen LogP contribution >= 0.6 is 0 Å². The average Bonchev–Trinajstić information content (AvgIpc) is 3.28. The van der Waals surface area contributed by atoms with Gasteiger partial charge in [-0.2, -0.15) is 4.52 Å². The maximum atomic E-state index is 12.4. The molecule has 0 radical (unpaired) electrons. The van der Waals surface area contributed by atoms with E-state index in [1.807, 2.05) is 24.3 Å². The van der Waals surface area contributed by atoms with Gasteiger partial charge in [-0.3, -0.25) is 4.79 Å². The molecule has 4 heterocycles. The highest BCUT2D eigenvalue weighted by molar-refractivity contribution is 5.93. The number of anilines is 1. The van der Waals surface area contributed by atoms with E-state index in [0.717, 1.165) is 30.2 Å². The number of aromatic nitrogens is 6. The van der Waals surface area contributed by atoms with Crippen molar-refractivity contribution in [3.8, 4) is 11.7 Å². The van der Waals surface area contributed by atoms with Crippen LogP contribution in [-0.4, -0.2) is 48.3 Å². The van der Waals surface area contributed by atoms with Gasteiger partial charge in [0, 0.05) is 18.9 Å². The second-order valence-corrected chi connectivity index (χ2v) is 6.73. The van der Waals surface area contributed by atoms with Gasteiger partial charge < -0.3 is 15.1 Å². The number of carbonyl (C=O) groups is 1. The molecule has 0 saturated carbocycles. The van der Waals surface area contributed by atoms with Crippen LogP contribution in [0.1, 0.15) is 25.2 Å². The Bertz CT molecular complexity index is 1180. The molecule has 10 heteroatoms. The molecule has 1 fully saturated rings. The minimum atomic E-state index is -0.377. The van der Waals surface area contributed by atoms with Gasteiger partial charge in [0.1, 0.15) is 6.04 Å². The lowest BCUT2D eigenvalue weighted by molar-refractivity contribution is -0.121. The van der Waals surface area contributed by atoms with Crippen molar-refractivity contribution < 1.29 is 9.21 Å². The molecule has 3 aromatic heterocycles. The van der Waals surface area contributed by atoms with E-state index in [1.165, 1.54) is 0 Å². The first-order valence-electron chi connectivity index (χ1n) is 9.19. The zero-order chi connectivity index (χ0) is 19.1. The Morgan fingerprint density at radius 1 is 1.21 bits per heavy atom. The third kappa shape index (κ3) is 2.82. The molecular formula is C18H18N8O2. The van der Waals surface area contributed by atoms with Crippen molar-refractivity contribution in [3.63, 3.8) is 0 Å². The Morgan fingerprint density at radius 2 is 2.11 bits per heavy atom. The zero-order valence-electron chi connectivity index (χ0n) is 15.2. The Kier molecular flexibility index (Phi) is 3.89. The van der Waals surface area contributed by atoms with Gasteiger partial charge in [0.05, 0.1) is 5.52 Å². The summed E-state index contributed by atoms with van der Waals surface area (Å²) < 4.78 is 7.06. The number of hydrogen-bond donors (Lipinski definition) is 2. The molecule has 4 aromatic rings. The van der Waals surface area contributed by atoms with Crippen LogP contribution in [-0.2, 0) is 4.79 Å². The van der Waals surface area contributed by atoms with Gasteiger partial charge in [-0.25, -0.2) is 9.97 Å². The molecule has 1 amide bonds. The van der Waals surface area contributed by atoms with Crippen LogP contribution in [0.4, 0.5) is 5.95 Å².